The number of ether oxygens (including phenoxy) is 2. The third-order valence-electron chi connectivity index (χ3n) is 2.58. The number of carbonyl (C=O) groups is 1. The number of methoxy groups -OCH3 is 1. The Balaban J connectivity index is 2.35. The van der Waals surface area contributed by atoms with Gasteiger partial charge in [-0.1, -0.05) is 17.7 Å². The molecule has 1 aromatic rings. The molecule has 0 aliphatic rings. The fourth-order valence-corrected chi connectivity index (χ4v) is 1.87. The highest BCUT2D eigenvalue weighted by atomic mass is 35.5. The van der Waals surface area contributed by atoms with E-state index in [1.807, 2.05) is 19.2 Å². The van der Waals surface area contributed by atoms with Crippen LogP contribution in [0.5, 0.6) is 5.75 Å². The van der Waals surface area contributed by atoms with Crippen LogP contribution in [-0.2, 0) is 16.1 Å². The topological polar surface area (TPSA) is 59.6 Å². The summed E-state index contributed by atoms with van der Waals surface area (Å²) in [6, 6.07) is 5.51. The van der Waals surface area contributed by atoms with Gasteiger partial charge < -0.3 is 20.1 Å². The van der Waals surface area contributed by atoms with Gasteiger partial charge in [-0.3, -0.25) is 4.79 Å². The lowest BCUT2D eigenvalue weighted by Gasteiger charge is -2.10. The van der Waals surface area contributed by atoms with Crippen molar-refractivity contribution in [3.63, 3.8) is 0 Å². The first-order chi connectivity index (χ1) is 9.67. The molecule has 0 bridgehead atoms. The lowest BCUT2D eigenvalue weighted by molar-refractivity contribution is -0.123. The number of amides is 1. The van der Waals surface area contributed by atoms with Crippen molar-refractivity contribution in [2.75, 3.05) is 33.9 Å². The molecule has 0 radical (unpaired) electrons. The molecule has 1 aromatic carbocycles. The molecule has 6 heteroatoms. The first-order valence-corrected chi connectivity index (χ1v) is 6.86. The van der Waals surface area contributed by atoms with Gasteiger partial charge in [-0.15, -0.1) is 0 Å². The summed E-state index contributed by atoms with van der Waals surface area (Å²) in [7, 11) is 3.50. The Kier molecular flexibility index (Phi) is 8.02. The fraction of sp³-hybridized carbons (Fsp3) is 0.500. The zero-order valence-electron chi connectivity index (χ0n) is 11.9. The summed E-state index contributed by atoms with van der Waals surface area (Å²) in [5.74, 6) is 0.343. The molecule has 0 saturated heterocycles. The molecule has 1 amide bonds. The van der Waals surface area contributed by atoms with E-state index >= 15 is 0 Å². The maximum Gasteiger partial charge on any atom is 0.257 e. The molecule has 5 nitrogen and oxygen atoms in total. The number of hydrogen-bond donors (Lipinski definition) is 2. The predicted octanol–water partition coefficient (Wildman–Crippen LogP) is 1.59. The van der Waals surface area contributed by atoms with Gasteiger partial charge in [0.2, 0.25) is 0 Å². The van der Waals surface area contributed by atoms with Crippen LogP contribution in [-0.4, -0.2) is 39.8 Å². The van der Waals surface area contributed by atoms with Crippen molar-refractivity contribution in [1.29, 1.82) is 0 Å². The molecular weight excluding hydrogens is 280 g/mol. The number of carbonyl (C=O) groups excluding carboxylic acids is 1. The minimum Gasteiger partial charge on any atom is -0.482 e. The van der Waals surface area contributed by atoms with E-state index in [1.54, 1.807) is 13.2 Å². The third-order valence-corrected chi connectivity index (χ3v) is 2.88. The normalized spacial score (nSPS) is 10.3. The maximum atomic E-state index is 11.5. The smallest absolute Gasteiger partial charge is 0.257 e. The van der Waals surface area contributed by atoms with Gasteiger partial charge in [0.15, 0.2) is 6.61 Å². The first kappa shape index (κ1) is 16.8. The van der Waals surface area contributed by atoms with Gasteiger partial charge in [-0.25, -0.2) is 0 Å². The SMILES string of the molecule is CNCc1ccc(OCC(=O)NCCCOC)c(Cl)c1. The van der Waals surface area contributed by atoms with Gasteiger partial charge in [0.05, 0.1) is 5.02 Å². The second-order valence-electron chi connectivity index (χ2n) is 4.28. The summed E-state index contributed by atoms with van der Waals surface area (Å²) >= 11 is 6.09. The molecule has 0 fully saturated rings. The van der Waals surface area contributed by atoms with Crippen molar-refractivity contribution < 1.29 is 14.3 Å². The lowest BCUT2D eigenvalue weighted by atomic mass is 10.2. The van der Waals surface area contributed by atoms with E-state index in [-0.39, 0.29) is 12.5 Å². The van der Waals surface area contributed by atoms with E-state index in [9.17, 15) is 4.79 Å². The Morgan fingerprint density at radius 2 is 2.20 bits per heavy atom. The number of hydrogen-bond acceptors (Lipinski definition) is 4. The van der Waals surface area contributed by atoms with E-state index in [4.69, 9.17) is 21.1 Å². The van der Waals surface area contributed by atoms with E-state index in [0.717, 1.165) is 18.5 Å². The Morgan fingerprint density at radius 3 is 2.85 bits per heavy atom. The molecule has 2 N–H and O–H groups in total. The molecule has 20 heavy (non-hydrogen) atoms. The molecule has 0 aliphatic carbocycles. The quantitative estimate of drug-likeness (QED) is 0.680. The fourth-order valence-electron chi connectivity index (χ4n) is 1.61. The van der Waals surface area contributed by atoms with Crippen LogP contribution < -0.4 is 15.4 Å². The van der Waals surface area contributed by atoms with Gasteiger partial charge in [0.25, 0.3) is 5.91 Å². The van der Waals surface area contributed by atoms with Crippen molar-refractivity contribution in [2.45, 2.75) is 13.0 Å². The average molecular weight is 301 g/mol. The molecule has 0 unspecified atom stereocenters. The zero-order valence-corrected chi connectivity index (χ0v) is 12.6. The van der Waals surface area contributed by atoms with Crippen LogP contribution in [0.4, 0.5) is 0 Å². The van der Waals surface area contributed by atoms with Crippen LogP contribution in [0.2, 0.25) is 5.02 Å². The van der Waals surface area contributed by atoms with E-state index in [2.05, 4.69) is 10.6 Å². The van der Waals surface area contributed by atoms with Crippen molar-refractivity contribution in [1.82, 2.24) is 10.6 Å². The largest absolute Gasteiger partial charge is 0.482 e. The van der Waals surface area contributed by atoms with E-state index in [0.29, 0.717) is 23.9 Å². The summed E-state index contributed by atoms with van der Waals surface area (Å²) in [4.78, 5) is 11.5. The van der Waals surface area contributed by atoms with Crippen LogP contribution in [0.1, 0.15) is 12.0 Å². The van der Waals surface area contributed by atoms with Gasteiger partial charge in [-0.2, -0.15) is 0 Å². The van der Waals surface area contributed by atoms with Crippen molar-refractivity contribution in [3.8, 4) is 5.75 Å². The molecule has 0 saturated carbocycles. The molecule has 0 spiro atoms. The number of benzene rings is 1. The monoisotopic (exact) mass is 300 g/mol. The van der Waals surface area contributed by atoms with Gasteiger partial charge in [0, 0.05) is 26.8 Å². The summed E-state index contributed by atoms with van der Waals surface area (Å²) < 4.78 is 10.3. The average Bonchev–Trinajstić information content (AvgIpc) is 2.43. The summed E-state index contributed by atoms with van der Waals surface area (Å²) in [6.07, 6.45) is 0.779. The minimum absolute atomic E-state index is 0.0436. The van der Waals surface area contributed by atoms with Crippen molar-refractivity contribution >= 4 is 17.5 Å². The van der Waals surface area contributed by atoms with E-state index in [1.165, 1.54) is 0 Å². The Labute approximate surface area is 124 Å². The van der Waals surface area contributed by atoms with Gasteiger partial charge in [-0.05, 0) is 31.2 Å². The van der Waals surface area contributed by atoms with Gasteiger partial charge in [0.1, 0.15) is 5.75 Å². The molecule has 112 valence electrons. The summed E-state index contributed by atoms with van der Waals surface area (Å²) in [6.45, 7) is 1.89. The van der Waals surface area contributed by atoms with Crippen molar-refractivity contribution in [3.05, 3.63) is 28.8 Å². The summed E-state index contributed by atoms with van der Waals surface area (Å²) in [5, 5.41) is 6.29. The van der Waals surface area contributed by atoms with Crippen LogP contribution in [0.15, 0.2) is 18.2 Å². The van der Waals surface area contributed by atoms with E-state index < -0.39 is 0 Å². The molecule has 0 atom stereocenters. The Morgan fingerprint density at radius 1 is 1.40 bits per heavy atom. The second kappa shape index (κ2) is 9.58. The standard InChI is InChI=1S/C14H21ClN2O3/c1-16-9-11-4-5-13(12(15)8-11)20-10-14(18)17-6-3-7-19-2/h4-5,8,16H,3,6-7,9-10H2,1-2H3,(H,17,18). The molecule has 0 heterocycles. The number of nitrogens with one attached hydrogen (secondary N) is 2. The Bertz CT molecular complexity index is 427. The zero-order chi connectivity index (χ0) is 14.8. The molecule has 0 aliphatic heterocycles. The van der Waals surface area contributed by atoms with Crippen LogP contribution in [0.25, 0.3) is 0 Å². The summed E-state index contributed by atoms with van der Waals surface area (Å²) in [5.41, 5.74) is 1.06. The highest BCUT2D eigenvalue weighted by Crippen LogP contribution is 2.25. The van der Waals surface area contributed by atoms with Gasteiger partial charge >= 0.3 is 0 Å². The predicted molar refractivity (Wildman–Crippen MR) is 79.2 cm³/mol. The van der Waals surface area contributed by atoms with Crippen LogP contribution >= 0.6 is 11.6 Å². The maximum absolute atomic E-state index is 11.5. The third kappa shape index (κ3) is 6.23. The second-order valence-corrected chi connectivity index (χ2v) is 4.69. The molecule has 1 rings (SSSR count). The Hall–Kier alpha value is -1.30. The molecule has 0 aromatic heterocycles. The highest BCUT2D eigenvalue weighted by molar-refractivity contribution is 6.32. The van der Waals surface area contributed by atoms with Crippen LogP contribution in [0.3, 0.4) is 0 Å². The minimum atomic E-state index is -0.170. The molecular formula is C14H21ClN2O3. The highest BCUT2D eigenvalue weighted by Gasteiger charge is 2.06. The first-order valence-electron chi connectivity index (χ1n) is 6.49. The number of rotatable bonds is 9. The van der Waals surface area contributed by atoms with Crippen LogP contribution in [0, 0.1) is 0 Å². The lowest BCUT2D eigenvalue weighted by Crippen LogP contribution is -2.30. The van der Waals surface area contributed by atoms with Crippen molar-refractivity contribution in [2.24, 2.45) is 0 Å². The number of halogens is 1.